The molecule has 13 heteroatoms. The van der Waals surface area contributed by atoms with Crippen molar-refractivity contribution in [3.05, 3.63) is 39.3 Å². The van der Waals surface area contributed by atoms with Crippen LogP contribution in [0, 0.1) is 0 Å². The topological polar surface area (TPSA) is 121 Å². The molecular weight excluding hydrogens is 460 g/mol. The van der Waals surface area contributed by atoms with E-state index >= 15 is 0 Å². The Balaban J connectivity index is 1.49. The molecule has 1 fully saturated rings. The summed E-state index contributed by atoms with van der Waals surface area (Å²) in [5.41, 5.74) is 0.454. The number of hydrogen-bond donors (Lipinski definition) is 1. The van der Waals surface area contributed by atoms with Crippen LogP contribution in [0.15, 0.2) is 27.9 Å². The molecule has 1 aromatic carbocycles. The number of amides is 1. The van der Waals surface area contributed by atoms with Crippen molar-refractivity contribution >= 4 is 66.4 Å². The van der Waals surface area contributed by atoms with Crippen molar-refractivity contribution in [2.75, 3.05) is 19.6 Å². The van der Waals surface area contributed by atoms with Crippen LogP contribution >= 0.6 is 34.3 Å². The highest BCUT2D eigenvalue weighted by Gasteiger charge is 2.35. The number of sulfonamides is 1. The van der Waals surface area contributed by atoms with Gasteiger partial charge in [0.25, 0.3) is 10.0 Å². The Hall–Kier alpha value is -2.12. The third kappa shape index (κ3) is 3.98. The molecule has 4 rings (SSSR count). The van der Waals surface area contributed by atoms with Crippen molar-refractivity contribution in [3.63, 3.8) is 0 Å². The summed E-state index contributed by atoms with van der Waals surface area (Å²) in [6, 6.07) is 4.93. The molecule has 0 aliphatic carbocycles. The zero-order valence-electron chi connectivity index (χ0n) is 14.6. The zero-order valence-corrected chi connectivity index (χ0v) is 17.8. The van der Waals surface area contributed by atoms with Crippen LogP contribution in [0.4, 0.5) is 0 Å². The third-order valence-electron chi connectivity index (χ3n) is 4.27. The van der Waals surface area contributed by atoms with Crippen molar-refractivity contribution in [3.8, 4) is 0 Å². The maximum Gasteiger partial charge on any atom is 0.355 e. The molecule has 0 radical (unpaired) electrons. The number of nitrogens with zero attached hydrogens (tertiary/aromatic N) is 4. The first-order valence-corrected chi connectivity index (χ1v) is 11.8. The highest BCUT2D eigenvalue weighted by atomic mass is 35.5. The first-order valence-electron chi connectivity index (χ1n) is 8.26. The number of halogens is 1. The molecule has 3 aromatic rings. The number of carboxylic acid groups (broad SMARTS) is 1. The van der Waals surface area contributed by atoms with Crippen LogP contribution in [-0.2, 0) is 21.4 Å². The smallest absolute Gasteiger partial charge is 0.355 e. The van der Waals surface area contributed by atoms with Crippen LogP contribution < -0.4 is 0 Å². The normalized spacial score (nSPS) is 15.9. The Bertz CT molecular complexity index is 1220. The van der Waals surface area contributed by atoms with Gasteiger partial charge in [0.05, 0.1) is 23.3 Å². The molecule has 3 heterocycles. The molecular formula is C16H13ClN4O5S3. The monoisotopic (exact) mass is 472 g/mol. The summed E-state index contributed by atoms with van der Waals surface area (Å²) in [5, 5.41) is 11.3. The lowest BCUT2D eigenvalue weighted by molar-refractivity contribution is -0.134. The molecule has 9 nitrogen and oxygen atoms in total. The van der Waals surface area contributed by atoms with Crippen molar-refractivity contribution < 1.29 is 23.1 Å². The fourth-order valence-corrected chi connectivity index (χ4v) is 6.60. The van der Waals surface area contributed by atoms with E-state index in [2.05, 4.69) is 9.97 Å². The Morgan fingerprint density at radius 1 is 1.28 bits per heavy atom. The van der Waals surface area contributed by atoms with Crippen LogP contribution in [0.3, 0.4) is 0 Å². The van der Waals surface area contributed by atoms with Gasteiger partial charge in [-0.2, -0.15) is 4.31 Å². The van der Waals surface area contributed by atoms with Crippen LogP contribution in [0.2, 0.25) is 5.02 Å². The first kappa shape index (κ1) is 20.2. The lowest BCUT2D eigenvalue weighted by Crippen LogP contribution is -2.51. The number of aromatic carboxylic acids is 1. The molecule has 0 unspecified atom stereocenters. The van der Waals surface area contributed by atoms with E-state index in [1.807, 2.05) is 0 Å². The summed E-state index contributed by atoms with van der Waals surface area (Å²) in [4.78, 5) is 33.0. The van der Waals surface area contributed by atoms with Gasteiger partial charge in [0.2, 0.25) is 10.2 Å². The summed E-state index contributed by atoms with van der Waals surface area (Å²) in [7, 11) is -3.91. The van der Waals surface area contributed by atoms with Gasteiger partial charge in [-0.1, -0.05) is 11.6 Å². The highest BCUT2D eigenvalue weighted by molar-refractivity contribution is 7.91. The number of aromatic nitrogens is 2. The molecule has 152 valence electrons. The molecule has 2 aromatic heterocycles. The second kappa shape index (κ2) is 7.61. The fourth-order valence-electron chi connectivity index (χ4n) is 2.80. The van der Waals surface area contributed by atoms with Crippen LogP contribution in [0.5, 0.6) is 0 Å². The Morgan fingerprint density at radius 2 is 2.07 bits per heavy atom. The van der Waals surface area contributed by atoms with Crippen LogP contribution in [0.1, 0.15) is 15.5 Å². The maximum atomic E-state index is 12.9. The molecule has 1 N–H and O–H groups in total. The SMILES string of the molecule is O=C(O)c1csc(CN2CCN(S(=O)(=O)c3nc4ccc(Cl)cc4s3)CC2=O)n1. The van der Waals surface area contributed by atoms with E-state index < -0.39 is 16.0 Å². The number of benzene rings is 1. The molecule has 29 heavy (non-hydrogen) atoms. The molecule has 1 saturated heterocycles. The second-order valence-corrected chi connectivity index (χ2v) is 10.7. The van der Waals surface area contributed by atoms with E-state index in [4.69, 9.17) is 16.7 Å². The number of carbonyl (C=O) groups excluding carboxylic acids is 1. The highest BCUT2D eigenvalue weighted by Crippen LogP contribution is 2.30. The Labute approximate surface area is 178 Å². The minimum atomic E-state index is -3.91. The molecule has 0 atom stereocenters. The standard InChI is InChI=1S/C16H13ClN4O5S3/c17-9-1-2-10-12(5-9)28-16(19-10)29(25,26)21-4-3-20(14(22)7-21)6-13-18-11(8-27-13)15(23)24/h1-2,5,8H,3-4,6-7H2,(H,23,24). The molecule has 1 amide bonds. The van der Waals surface area contributed by atoms with Crippen molar-refractivity contribution in [2.24, 2.45) is 0 Å². The van der Waals surface area contributed by atoms with E-state index in [9.17, 15) is 18.0 Å². The predicted molar refractivity (Wildman–Crippen MR) is 108 cm³/mol. The van der Waals surface area contributed by atoms with E-state index in [0.29, 0.717) is 20.2 Å². The van der Waals surface area contributed by atoms with Gasteiger partial charge >= 0.3 is 5.97 Å². The van der Waals surface area contributed by atoms with Crippen LogP contribution in [-0.4, -0.2) is 64.2 Å². The number of carbonyl (C=O) groups is 2. The minimum Gasteiger partial charge on any atom is -0.476 e. The number of hydrogen-bond acceptors (Lipinski definition) is 8. The summed E-state index contributed by atoms with van der Waals surface area (Å²) in [6.45, 7) is 0.124. The van der Waals surface area contributed by atoms with Gasteiger partial charge in [-0.15, -0.1) is 22.7 Å². The number of piperazine rings is 1. The summed E-state index contributed by atoms with van der Waals surface area (Å²) < 4.78 is 27.5. The number of thiazole rings is 2. The lowest BCUT2D eigenvalue weighted by Gasteiger charge is -2.32. The van der Waals surface area contributed by atoms with E-state index in [1.165, 1.54) is 10.3 Å². The number of rotatable bonds is 5. The van der Waals surface area contributed by atoms with E-state index in [1.54, 1.807) is 18.2 Å². The van der Waals surface area contributed by atoms with Gasteiger partial charge < -0.3 is 10.0 Å². The Kier molecular flexibility index (Phi) is 5.29. The first-order chi connectivity index (χ1) is 13.7. The largest absolute Gasteiger partial charge is 0.476 e. The number of carboxylic acids is 1. The van der Waals surface area contributed by atoms with Gasteiger partial charge in [0.1, 0.15) is 5.01 Å². The van der Waals surface area contributed by atoms with Crippen molar-refractivity contribution in [1.29, 1.82) is 0 Å². The zero-order chi connectivity index (χ0) is 20.8. The molecule has 0 bridgehead atoms. The summed E-state index contributed by atoms with van der Waals surface area (Å²) >= 11 is 8.09. The summed E-state index contributed by atoms with van der Waals surface area (Å²) in [5.74, 6) is -1.51. The predicted octanol–water partition coefficient (Wildman–Crippen LogP) is 2.14. The van der Waals surface area contributed by atoms with Gasteiger partial charge in [-0.05, 0) is 18.2 Å². The Morgan fingerprint density at radius 3 is 2.76 bits per heavy atom. The third-order valence-corrected chi connectivity index (χ3v) is 8.56. The van der Waals surface area contributed by atoms with Gasteiger partial charge in [0, 0.05) is 23.5 Å². The molecule has 1 aliphatic rings. The quantitative estimate of drug-likeness (QED) is 0.603. The average Bonchev–Trinajstić information content (AvgIpc) is 3.30. The fraction of sp³-hybridized carbons (Fsp3) is 0.250. The van der Waals surface area contributed by atoms with Crippen molar-refractivity contribution in [2.45, 2.75) is 10.9 Å². The summed E-state index contributed by atoms with van der Waals surface area (Å²) in [6.07, 6.45) is 0. The van der Waals surface area contributed by atoms with Gasteiger partial charge in [-0.25, -0.2) is 23.2 Å². The average molecular weight is 473 g/mol. The maximum absolute atomic E-state index is 12.9. The van der Waals surface area contributed by atoms with E-state index in [-0.39, 0.29) is 42.1 Å². The minimum absolute atomic E-state index is 0.0744. The molecule has 1 aliphatic heterocycles. The number of fused-ring (bicyclic) bond motifs is 1. The van der Waals surface area contributed by atoms with Crippen molar-refractivity contribution in [1.82, 2.24) is 19.2 Å². The molecule has 0 spiro atoms. The lowest BCUT2D eigenvalue weighted by atomic mass is 10.3. The van der Waals surface area contributed by atoms with Crippen LogP contribution in [0.25, 0.3) is 10.2 Å². The van der Waals surface area contributed by atoms with Gasteiger partial charge in [0.15, 0.2) is 5.69 Å². The van der Waals surface area contributed by atoms with Gasteiger partial charge in [-0.3, -0.25) is 4.79 Å². The second-order valence-electron chi connectivity index (χ2n) is 6.18. The van der Waals surface area contributed by atoms with E-state index in [0.717, 1.165) is 27.0 Å². The molecule has 0 saturated carbocycles.